The van der Waals surface area contributed by atoms with Crippen LogP contribution in [0.1, 0.15) is 59.8 Å². The van der Waals surface area contributed by atoms with Crippen molar-refractivity contribution in [2.24, 2.45) is 5.92 Å². The molecule has 1 aliphatic carbocycles. The Morgan fingerprint density at radius 1 is 1.20 bits per heavy atom. The first-order valence-corrected chi connectivity index (χ1v) is 15.2. The molecule has 1 aromatic carbocycles. The third-order valence-corrected chi connectivity index (χ3v) is 9.74. The molecule has 1 saturated heterocycles. The first-order chi connectivity index (χ1) is 19.2. The Morgan fingerprint density at radius 3 is 2.62 bits per heavy atom. The lowest BCUT2D eigenvalue weighted by Crippen LogP contribution is -2.57. The number of benzene rings is 1. The van der Waals surface area contributed by atoms with E-state index >= 15 is 0 Å². The van der Waals surface area contributed by atoms with Gasteiger partial charge < -0.3 is 28.9 Å². The number of aromatic amines is 1. The zero-order chi connectivity index (χ0) is 28.2. The Morgan fingerprint density at radius 2 is 1.93 bits per heavy atom. The van der Waals surface area contributed by atoms with Crippen LogP contribution in [0.25, 0.3) is 11.0 Å². The van der Waals surface area contributed by atoms with Crippen molar-refractivity contribution in [3.05, 3.63) is 51.1 Å². The second kappa shape index (κ2) is 10.5. The number of H-pyrrole nitrogens is 1. The van der Waals surface area contributed by atoms with Crippen LogP contribution in [0.3, 0.4) is 0 Å². The second-order valence-electron chi connectivity index (χ2n) is 11.4. The van der Waals surface area contributed by atoms with Gasteiger partial charge in [-0.15, -0.1) is 11.8 Å². The highest BCUT2D eigenvalue weighted by molar-refractivity contribution is 7.98. The van der Waals surface area contributed by atoms with Crippen molar-refractivity contribution in [2.45, 2.75) is 75.8 Å². The fourth-order valence-electron chi connectivity index (χ4n) is 6.55. The van der Waals surface area contributed by atoms with Gasteiger partial charge >= 0.3 is 0 Å². The molecule has 2 aliphatic heterocycles. The Labute approximate surface area is 237 Å². The fourth-order valence-corrected chi connectivity index (χ4v) is 7.25. The first kappa shape index (κ1) is 27.2. The van der Waals surface area contributed by atoms with Crippen LogP contribution in [0.5, 0.6) is 11.5 Å². The van der Waals surface area contributed by atoms with E-state index in [1.165, 1.54) is 11.8 Å². The van der Waals surface area contributed by atoms with Gasteiger partial charge in [0.25, 0.3) is 17.3 Å². The molecule has 3 aliphatic rings. The maximum Gasteiger partial charge on any atom is 0.254 e. The quantitative estimate of drug-likeness (QED) is 0.394. The van der Waals surface area contributed by atoms with Gasteiger partial charge in [0.05, 0.1) is 17.9 Å². The SMILES string of the molecule is COC1CN(C2CCC([C@@]3(C)Oc4c(C)c(C(=O)NCc5c(SC)cc(C)[nH]c5=O)c5ccoc5c4O3)CC2)C1. The lowest BCUT2D eigenvalue weighted by Gasteiger charge is -2.47. The molecule has 40 heavy (non-hydrogen) atoms. The summed E-state index contributed by atoms with van der Waals surface area (Å²) in [5.41, 5.74) is 2.80. The molecule has 9 nitrogen and oxygen atoms in total. The number of aryl methyl sites for hydroxylation is 1. The Balaban J connectivity index is 1.21. The van der Waals surface area contributed by atoms with E-state index in [1.807, 2.05) is 33.1 Å². The van der Waals surface area contributed by atoms with Crippen molar-refractivity contribution in [3.63, 3.8) is 0 Å². The summed E-state index contributed by atoms with van der Waals surface area (Å²) in [4.78, 5) is 32.4. The lowest BCUT2D eigenvalue weighted by molar-refractivity contribution is -0.130. The zero-order valence-electron chi connectivity index (χ0n) is 23.7. The Kier molecular flexibility index (Phi) is 7.13. The molecule has 3 aromatic rings. The van der Waals surface area contributed by atoms with E-state index in [-0.39, 0.29) is 23.9 Å². The van der Waals surface area contributed by atoms with Crippen LogP contribution in [0.2, 0.25) is 0 Å². The highest BCUT2D eigenvalue weighted by Crippen LogP contribution is 2.52. The normalized spacial score (nSPS) is 24.8. The molecule has 4 heterocycles. The number of nitrogens with zero attached hydrogens (tertiary/aromatic N) is 1. The van der Waals surface area contributed by atoms with Gasteiger partial charge in [-0.1, -0.05) is 0 Å². The molecular weight excluding hydrogens is 530 g/mol. The van der Waals surface area contributed by atoms with Crippen molar-refractivity contribution in [1.82, 2.24) is 15.2 Å². The molecule has 6 rings (SSSR count). The minimum Gasteiger partial charge on any atom is -0.460 e. The monoisotopic (exact) mass is 567 g/mol. The number of carbonyl (C=O) groups is 1. The predicted octanol–water partition coefficient (Wildman–Crippen LogP) is 4.77. The molecule has 0 spiro atoms. The number of rotatable bonds is 7. The molecule has 1 saturated carbocycles. The average molecular weight is 568 g/mol. The number of furan rings is 1. The largest absolute Gasteiger partial charge is 0.460 e. The number of amides is 1. The molecule has 10 heteroatoms. The molecule has 0 bridgehead atoms. The van der Waals surface area contributed by atoms with Gasteiger partial charge in [0.2, 0.25) is 5.75 Å². The third-order valence-electron chi connectivity index (χ3n) is 8.94. The molecule has 2 N–H and O–H groups in total. The van der Waals surface area contributed by atoms with Gasteiger partial charge in [0, 0.05) is 72.7 Å². The maximum atomic E-state index is 13.6. The minimum absolute atomic E-state index is 0.112. The van der Waals surface area contributed by atoms with E-state index < -0.39 is 5.79 Å². The van der Waals surface area contributed by atoms with Crippen molar-refractivity contribution in [1.29, 1.82) is 0 Å². The van der Waals surface area contributed by atoms with Crippen LogP contribution in [-0.2, 0) is 11.3 Å². The van der Waals surface area contributed by atoms with E-state index in [9.17, 15) is 9.59 Å². The summed E-state index contributed by atoms with van der Waals surface area (Å²) in [6.07, 6.45) is 8.04. The van der Waals surface area contributed by atoms with Crippen LogP contribution >= 0.6 is 11.8 Å². The van der Waals surface area contributed by atoms with Crippen molar-refractivity contribution in [3.8, 4) is 11.5 Å². The summed E-state index contributed by atoms with van der Waals surface area (Å²) in [6, 6.07) is 4.28. The van der Waals surface area contributed by atoms with Crippen LogP contribution in [0.4, 0.5) is 0 Å². The molecule has 0 radical (unpaired) electrons. The lowest BCUT2D eigenvalue weighted by atomic mass is 9.80. The number of methoxy groups -OCH3 is 1. The van der Waals surface area contributed by atoms with Gasteiger partial charge in [0.15, 0.2) is 11.3 Å². The average Bonchev–Trinajstić information content (AvgIpc) is 3.53. The number of thioether (sulfide) groups is 1. The van der Waals surface area contributed by atoms with Crippen LogP contribution in [0.15, 0.2) is 32.5 Å². The fraction of sp³-hybridized carbons (Fsp3) is 0.533. The number of hydrogen-bond acceptors (Lipinski definition) is 8. The van der Waals surface area contributed by atoms with Gasteiger partial charge in [-0.25, -0.2) is 0 Å². The number of likely N-dealkylation sites (tertiary alicyclic amines) is 1. The number of hydrogen-bond donors (Lipinski definition) is 2. The number of ether oxygens (including phenoxy) is 3. The molecule has 1 atom stereocenters. The summed E-state index contributed by atoms with van der Waals surface area (Å²) < 4.78 is 24.4. The molecule has 2 aromatic heterocycles. The molecule has 2 fully saturated rings. The van der Waals surface area contributed by atoms with Gasteiger partial charge in [0.1, 0.15) is 0 Å². The summed E-state index contributed by atoms with van der Waals surface area (Å²) in [6.45, 7) is 7.87. The zero-order valence-corrected chi connectivity index (χ0v) is 24.5. The smallest absolute Gasteiger partial charge is 0.254 e. The van der Waals surface area contributed by atoms with Gasteiger partial charge in [-0.3, -0.25) is 14.5 Å². The topological polar surface area (TPSA) is 106 Å². The van der Waals surface area contributed by atoms with Crippen LogP contribution < -0.4 is 20.3 Å². The van der Waals surface area contributed by atoms with Crippen LogP contribution in [0, 0.1) is 19.8 Å². The van der Waals surface area contributed by atoms with E-state index in [0.717, 1.165) is 49.4 Å². The number of nitrogens with one attached hydrogen (secondary N) is 2. The van der Waals surface area contributed by atoms with Crippen molar-refractivity contribution in [2.75, 3.05) is 26.5 Å². The standard InChI is InChI=1S/C30H37N3O6S/c1-16-12-23(40-5)22(28(34)32-16)13-31-29(35)24-17(2)25-27(26-21(24)10-11-37-26)39-30(3,38-25)18-6-8-19(9-7-18)33-14-20(15-33)36-4/h10-12,18-20H,6-9,13-15H2,1-5H3,(H,31,35)(H,32,34)/t18?,19?,30-/m0/s1. The summed E-state index contributed by atoms with van der Waals surface area (Å²) in [5.74, 6) is 0.208. The number of fused-ring (bicyclic) bond motifs is 3. The van der Waals surface area contributed by atoms with Crippen molar-refractivity contribution < 1.29 is 23.4 Å². The Hall–Kier alpha value is -2.95. The van der Waals surface area contributed by atoms with E-state index in [1.54, 1.807) is 19.4 Å². The number of aromatic nitrogens is 1. The number of pyridine rings is 1. The molecule has 0 unspecified atom stereocenters. The molecule has 214 valence electrons. The van der Waals surface area contributed by atoms with E-state index in [0.29, 0.717) is 51.3 Å². The van der Waals surface area contributed by atoms with Crippen molar-refractivity contribution >= 4 is 28.6 Å². The summed E-state index contributed by atoms with van der Waals surface area (Å²) >= 11 is 1.48. The first-order valence-electron chi connectivity index (χ1n) is 14.0. The third kappa shape index (κ3) is 4.59. The highest BCUT2D eigenvalue weighted by atomic mass is 32.2. The Bertz CT molecular complexity index is 1500. The predicted molar refractivity (Wildman–Crippen MR) is 153 cm³/mol. The van der Waals surface area contributed by atoms with Gasteiger partial charge in [-0.05, 0) is 57.9 Å². The second-order valence-corrected chi connectivity index (χ2v) is 12.2. The molecule has 1 amide bonds. The van der Waals surface area contributed by atoms with E-state index in [2.05, 4.69) is 15.2 Å². The highest BCUT2D eigenvalue weighted by Gasteiger charge is 2.49. The summed E-state index contributed by atoms with van der Waals surface area (Å²) in [5, 5.41) is 3.62. The summed E-state index contributed by atoms with van der Waals surface area (Å²) in [7, 11) is 1.78. The minimum atomic E-state index is -0.834. The maximum absolute atomic E-state index is 13.6. The van der Waals surface area contributed by atoms with Gasteiger partial charge in [-0.2, -0.15) is 0 Å². The van der Waals surface area contributed by atoms with Crippen LogP contribution in [-0.4, -0.2) is 60.2 Å². The number of carbonyl (C=O) groups excluding carboxylic acids is 1. The molecular formula is C30H37N3O6S. The van der Waals surface area contributed by atoms with E-state index in [4.69, 9.17) is 18.6 Å².